The Kier molecular flexibility index (Phi) is 2.70. The molecule has 0 saturated heterocycles. The van der Waals surface area contributed by atoms with Gasteiger partial charge in [-0.05, 0) is 59.4 Å². The highest BCUT2D eigenvalue weighted by Crippen LogP contribution is 2.37. The van der Waals surface area contributed by atoms with Crippen molar-refractivity contribution in [2.24, 2.45) is 0 Å². The van der Waals surface area contributed by atoms with Crippen molar-refractivity contribution in [3.8, 4) is 0 Å². The second kappa shape index (κ2) is 4.77. The van der Waals surface area contributed by atoms with E-state index >= 15 is 0 Å². The first-order chi connectivity index (χ1) is 11.3. The summed E-state index contributed by atoms with van der Waals surface area (Å²) in [6, 6.07) is 19.1. The van der Waals surface area contributed by atoms with Gasteiger partial charge in [-0.1, -0.05) is 36.4 Å². The highest BCUT2D eigenvalue weighted by Gasteiger charge is 2.21. The minimum atomic E-state index is -0.364. The van der Waals surface area contributed by atoms with Gasteiger partial charge in [0.1, 0.15) is 0 Å². The molecule has 0 radical (unpaired) electrons. The highest BCUT2D eigenvalue weighted by atomic mass is 16.3. The summed E-state index contributed by atoms with van der Waals surface area (Å²) in [5.74, 6) is 0. The number of hydrogen-bond acceptors (Lipinski definition) is 2. The molecule has 1 aliphatic rings. The quantitative estimate of drug-likeness (QED) is 0.369. The van der Waals surface area contributed by atoms with E-state index in [1.165, 1.54) is 21.7 Å². The molecule has 1 atom stereocenters. The molecule has 0 fully saturated rings. The summed E-state index contributed by atoms with van der Waals surface area (Å²) in [5.41, 5.74) is 4.36. The van der Waals surface area contributed by atoms with Crippen LogP contribution in [0.5, 0.6) is 0 Å². The summed E-state index contributed by atoms with van der Waals surface area (Å²) in [6.45, 7) is 0. The fourth-order valence-corrected chi connectivity index (χ4v) is 3.97. The molecule has 0 spiro atoms. The number of rotatable bonds is 0. The first kappa shape index (κ1) is 13.0. The molecule has 0 aliphatic heterocycles. The number of hydrogen-bond donors (Lipinski definition) is 1. The fourth-order valence-electron chi connectivity index (χ4n) is 3.97. The number of aliphatic hydroxyl groups is 1. The maximum atomic E-state index is 10.5. The Bertz CT molecular complexity index is 1070. The number of aliphatic hydroxyl groups excluding tert-OH is 1. The maximum absolute atomic E-state index is 10.5. The van der Waals surface area contributed by atoms with Gasteiger partial charge in [-0.2, -0.15) is 0 Å². The van der Waals surface area contributed by atoms with Crippen molar-refractivity contribution >= 4 is 32.6 Å². The van der Waals surface area contributed by atoms with Gasteiger partial charge in [-0.15, -0.1) is 0 Å². The van der Waals surface area contributed by atoms with Gasteiger partial charge in [0.15, 0.2) is 0 Å². The Labute approximate surface area is 134 Å². The summed E-state index contributed by atoms with van der Waals surface area (Å²) >= 11 is 0. The second-order valence-corrected chi connectivity index (χ2v) is 6.45. The molecule has 23 heavy (non-hydrogen) atoms. The van der Waals surface area contributed by atoms with E-state index in [0.717, 1.165) is 41.2 Å². The van der Waals surface area contributed by atoms with Gasteiger partial charge in [-0.25, -0.2) is 4.98 Å². The number of aromatic nitrogens is 1. The van der Waals surface area contributed by atoms with Crippen molar-refractivity contribution in [3.63, 3.8) is 0 Å². The van der Waals surface area contributed by atoms with E-state index in [1.54, 1.807) is 0 Å². The van der Waals surface area contributed by atoms with E-state index < -0.39 is 0 Å². The standard InChI is InChI=1S/C21H17NO/c23-20-7-3-5-14-9-11-19-17(21(14)20)12-16-15-6-2-1-4-13(15)8-10-18(16)22-19/h1-2,4,6,8-12,20,23H,3,5,7H2. The minimum absolute atomic E-state index is 0.364. The van der Waals surface area contributed by atoms with Gasteiger partial charge < -0.3 is 5.11 Å². The van der Waals surface area contributed by atoms with Crippen molar-refractivity contribution in [2.45, 2.75) is 25.4 Å². The third-order valence-corrected chi connectivity index (χ3v) is 5.09. The predicted octanol–water partition coefficient (Wildman–Crippen LogP) is 4.91. The largest absolute Gasteiger partial charge is 0.388 e. The smallest absolute Gasteiger partial charge is 0.0799 e. The van der Waals surface area contributed by atoms with Crippen molar-refractivity contribution in [2.75, 3.05) is 0 Å². The van der Waals surface area contributed by atoms with Crippen LogP contribution in [0.15, 0.2) is 54.6 Å². The van der Waals surface area contributed by atoms with Crippen LogP contribution in [0, 0.1) is 0 Å². The van der Waals surface area contributed by atoms with Crippen molar-refractivity contribution in [3.05, 3.63) is 65.7 Å². The molecular formula is C21H17NO. The normalized spacial score (nSPS) is 17.7. The van der Waals surface area contributed by atoms with Crippen LogP contribution in [-0.4, -0.2) is 10.1 Å². The van der Waals surface area contributed by atoms with Crippen LogP contribution in [0.2, 0.25) is 0 Å². The van der Waals surface area contributed by atoms with E-state index in [0.29, 0.717) is 0 Å². The van der Waals surface area contributed by atoms with Crippen LogP contribution in [0.1, 0.15) is 30.1 Å². The molecule has 112 valence electrons. The lowest BCUT2D eigenvalue weighted by atomic mass is 9.86. The van der Waals surface area contributed by atoms with E-state index in [4.69, 9.17) is 4.98 Å². The van der Waals surface area contributed by atoms with Gasteiger partial charge in [0.2, 0.25) is 0 Å². The molecule has 1 aromatic heterocycles. The summed E-state index contributed by atoms with van der Waals surface area (Å²) in [5, 5.41) is 15.2. The Morgan fingerprint density at radius 2 is 1.70 bits per heavy atom. The van der Waals surface area contributed by atoms with Gasteiger partial charge >= 0.3 is 0 Å². The molecule has 2 nitrogen and oxygen atoms in total. The third-order valence-electron chi connectivity index (χ3n) is 5.09. The first-order valence-corrected chi connectivity index (χ1v) is 8.23. The minimum Gasteiger partial charge on any atom is -0.388 e. The summed E-state index contributed by atoms with van der Waals surface area (Å²) < 4.78 is 0. The molecule has 4 aromatic rings. The van der Waals surface area contributed by atoms with Crippen LogP contribution in [-0.2, 0) is 6.42 Å². The van der Waals surface area contributed by atoms with Crippen molar-refractivity contribution in [1.29, 1.82) is 0 Å². The zero-order chi connectivity index (χ0) is 15.4. The number of pyridine rings is 1. The molecule has 1 N–H and O–H groups in total. The molecule has 3 aromatic carbocycles. The van der Waals surface area contributed by atoms with Gasteiger partial charge in [0.25, 0.3) is 0 Å². The zero-order valence-electron chi connectivity index (χ0n) is 12.8. The van der Waals surface area contributed by atoms with E-state index in [1.807, 2.05) is 0 Å². The highest BCUT2D eigenvalue weighted by molar-refractivity contribution is 6.10. The molecule has 2 heteroatoms. The third kappa shape index (κ3) is 1.88. The van der Waals surface area contributed by atoms with E-state index in [2.05, 4.69) is 54.6 Å². The van der Waals surface area contributed by atoms with Crippen molar-refractivity contribution in [1.82, 2.24) is 4.98 Å². The van der Waals surface area contributed by atoms with E-state index in [9.17, 15) is 5.11 Å². The lowest BCUT2D eigenvalue weighted by Crippen LogP contribution is -2.10. The number of nitrogens with zero attached hydrogens (tertiary/aromatic N) is 1. The molecule has 1 unspecified atom stereocenters. The topological polar surface area (TPSA) is 33.1 Å². The lowest BCUT2D eigenvalue weighted by Gasteiger charge is -2.23. The molecule has 0 amide bonds. The lowest BCUT2D eigenvalue weighted by molar-refractivity contribution is 0.158. The molecule has 0 bridgehead atoms. The van der Waals surface area contributed by atoms with Crippen LogP contribution >= 0.6 is 0 Å². The van der Waals surface area contributed by atoms with Crippen LogP contribution in [0.3, 0.4) is 0 Å². The number of fused-ring (bicyclic) bond motifs is 6. The van der Waals surface area contributed by atoms with Gasteiger partial charge in [0, 0.05) is 10.8 Å². The molecule has 0 saturated carbocycles. The molecule has 1 aliphatic carbocycles. The Balaban J connectivity index is 1.95. The Morgan fingerprint density at radius 3 is 2.65 bits per heavy atom. The monoisotopic (exact) mass is 299 g/mol. The van der Waals surface area contributed by atoms with Crippen LogP contribution in [0.25, 0.3) is 32.6 Å². The summed E-state index contributed by atoms with van der Waals surface area (Å²) in [4.78, 5) is 4.86. The second-order valence-electron chi connectivity index (χ2n) is 6.45. The van der Waals surface area contributed by atoms with Crippen LogP contribution < -0.4 is 0 Å². The molecule has 1 heterocycles. The van der Waals surface area contributed by atoms with Gasteiger partial charge in [0.05, 0.1) is 17.1 Å². The average molecular weight is 299 g/mol. The number of benzene rings is 3. The van der Waals surface area contributed by atoms with E-state index in [-0.39, 0.29) is 6.10 Å². The zero-order valence-corrected chi connectivity index (χ0v) is 12.8. The Hall–Kier alpha value is -2.45. The van der Waals surface area contributed by atoms with Gasteiger partial charge in [-0.3, -0.25) is 0 Å². The molecule has 5 rings (SSSR count). The maximum Gasteiger partial charge on any atom is 0.0799 e. The first-order valence-electron chi connectivity index (χ1n) is 8.23. The van der Waals surface area contributed by atoms with Crippen molar-refractivity contribution < 1.29 is 5.11 Å². The predicted molar refractivity (Wildman–Crippen MR) is 94.7 cm³/mol. The number of aryl methyl sites for hydroxylation is 1. The SMILES string of the molecule is OC1CCCc2ccc3nc4ccc5ccccc5c4cc3c21. The Morgan fingerprint density at radius 1 is 0.870 bits per heavy atom. The van der Waals surface area contributed by atoms with Crippen LogP contribution in [0.4, 0.5) is 0 Å². The summed E-state index contributed by atoms with van der Waals surface area (Å²) in [7, 11) is 0. The average Bonchev–Trinajstić information content (AvgIpc) is 2.60. The summed E-state index contributed by atoms with van der Waals surface area (Å²) in [6.07, 6.45) is 2.59. The molecular weight excluding hydrogens is 282 g/mol. The fraction of sp³-hybridized carbons (Fsp3) is 0.190.